The number of rotatable bonds is 3. The summed E-state index contributed by atoms with van der Waals surface area (Å²) in [7, 11) is 1.36. The first-order valence-electron chi connectivity index (χ1n) is 5.56. The fourth-order valence-electron chi connectivity index (χ4n) is 1.75. The van der Waals surface area contributed by atoms with E-state index in [0.717, 1.165) is 22.4 Å². The molecule has 1 heterocycles. The second kappa shape index (κ2) is 4.91. The van der Waals surface area contributed by atoms with Crippen molar-refractivity contribution in [2.75, 3.05) is 12.8 Å². The van der Waals surface area contributed by atoms with Gasteiger partial charge in [-0.25, -0.2) is 0 Å². The van der Waals surface area contributed by atoms with Crippen molar-refractivity contribution in [1.82, 2.24) is 9.78 Å². The van der Waals surface area contributed by atoms with Gasteiger partial charge in [-0.2, -0.15) is 5.10 Å². The molecule has 2 rings (SSSR count). The van der Waals surface area contributed by atoms with Gasteiger partial charge in [0.05, 0.1) is 13.3 Å². The number of methoxy groups -OCH3 is 1. The van der Waals surface area contributed by atoms with Gasteiger partial charge in [-0.1, -0.05) is 12.1 Å². The zero-order valence-electron chi connectivity index (χ0n) is 10.4. The van der Waals surface area contributed by atoms with Crippen LogP contribution in [-0.4, -0.2) is 22.9 Å². The van der Waals surface area contributed by atoms with Crippen molar-refractivity contribution in [1.29, 1.82) is 0 Å². The van der Waals surface area contributed by atoms with Crippen molar-refractivity contribution in [3.63, 3.8) is 0 Å². The highest BCUT2D eigenvalue weighted by molar-refractivity contribution is 5.72. The van der Waals surface area contributed by atoms with Crippen molar-refractivity contribution in [3.8, 4) is 11.1 Å². The van der Waals surface area contributed by atoms with Crippen molar-refractivity contribution < 1.29 is 9.53 Å². The lowest BCUT2D eigenvalue weighted by atomic mass is 10.0. The summed E-state index contributed by atoms with van der Waals surface area (Å²) in [6.45, 7) is 2.07. The van der Waals surface area contributed by atoms with E-state index in [-0.39, 0.29) is 12.5 Å². The maximum atomic E-state index is 11.1. The minimum absolute atomic E-state index is 0.109. The molecule has 2 N–H and O–H groups in total. The molecule has 0 aliphatic heterocycles. The third-order valence-electron chi connectivity index (χ3n) is 2.84. The van der Waals surface area contributed by atoms with Gasteiger partial charge >= 0.3 is 5.97 Å². The van der Waals surface area contributed by atoms with Crippen LogP contribution in [0.5, 0.6) is 0 Å². The molecule has 0 amide bonds. The van der Waals surface area contributed by atoms with Crippen molar-refractivity contribution in [2.24, 2.45) is 0 Å². The average molecular weight is 245 g/mol. The van der Waals surface area contributed by atoms with E-state index in [9.17, 15) is 4.79 Å². The zero-order chi connectivity index (χ0) is 13.1. The van der Waals surface area contributed by atoms with Crippen LogP contribution in [0.4, 0.5) is 5.69 Å². The Hall–Kier alpha value is -2.30. The average Bonchev–Trinajstić information content (AvgIpc) is 2.80. The number of ether oxygens (including phenoxy) is 1. The van der Waals surface area contributed by atoms with E-state index < -0.39 is 0 Å². The Balaban J connectivity index is 2.29. The quantitative estimate of drug-likeness (QED) is 0.659. The first-order valence-corrected chi connectivity index (χ1v) is 5.56. The van der Waals surface area contributed by atoms with E-state index in [1.54, 1.807) is 17.1 Å². The number of nitrogens with two attached hydrogens (primary N) is 1. The third-order valence-corrected chi connectivity index (χ3v) is 2.84. The Bertz CT molecular complexity index is 575. The third kappa shape index (κ3) is 2.34. The van der Waals surface area contributed by atoms with Gasteiger partial charge in [0.2, 0.25) is 0 Å². The molecule has 0 atom stereocenters. The van der Waals surface area contributed by atoms with E-state index in [1.165, 1.54) is 7.11 Å². The topological polar surface area (TPSA) is 70.1 Å². The molecule has 0 saturated heterocycles. The van der Waals surface area contributed by atoms with Gasteiger partial charge in [0.15, 0.2) is 0 Å². The molecule has 0 radical (unpaired) electrons. The summed E-state index contributed by atoms with van der Waals surface area (Å²) in [5.74, 6) is -0.325. The fourth-order valence-corrected chi connectivity index (χ4v) is 1.75. The van der Waals surface area contributed by atoms with Gasteiger partial charge in [-0.05, 0) is 24.1 Å². The van der Waals surface area contributed by atoms with Crippen LogP contribution in [0, 0.1) is 6.92 Å². The molecule has 5 heteroatoms. The number of nitrogens with zero attached hydrogens (tertiary/aromatic N) is 2. The fraction of sp³-hybridized carbons (Fsp3) is 0.231. The molecular weight excluding hydrogens is 230 g/mol. The SMILES string of the molecule is COC(=O)Cn1cc(-c2cccc(N)c2C)cn1. The molecule has 0 saturated carbocycles. The first-order chi connectivity index (χ1) is 8.61. The maximum absolute atomic E-state index is 11.1. The molecule has 18 heavy (non-hydrogen) atoms. The highest BCUT2D eigenvalue weighted by atomic mass is 16.5. The molecule has 1 aromatic heterocycles. The molecule has 2 aromatic rings. The Morgan fingerprint density at radius 2 is 2.28 bits per heavy atom. The van der Waals surface area contributed by atoms with Gasteiger partial charge < -0.3 is 10.5 Å². The number of carbonyl (C=O) groups excluding carboxylic acids is 1. The van der Waals surface area contributed by atoms with E-state index in [2.05, 4.69) is 9.84 Å². The second-order valence-electron chi connectivity index (χ2n) is 4.02. The van der Waals surface area contributed by atoms with Crippen molar-refractivity contribution in [2.45, 2.75) is 13.5 Å². The minimum Gasteiger partial charge on any atom is -0.468 e. The van der Waals surface area contributed by atoms with Crippen molar-refractivity contribution >= 4 is 11.7 Å². The van der Waals surface area contributed by atoms with Gasteiger partial charge in [0.1, 0.15) is 6.54 Å². The number of esters is 1. The number of nitrogen functional groups attached to an aromatic ring is 1. The van der Waals surface area contributed by atoms with Crippen LogP contribution in [0.3, 0.4) is 0 Å². The smallest absolute Gasteiger partial charge is 0.327 e. The van der Waals surface area contributed by atoms with Crippen LogP contribution in [-0.2, 0) is 16.1 Å². The molecule has 94 valence electrons. The van der Waals surface area contributed by atoms with Crippen LogP contribution < -0.4 is 5.73 Å². The summed E-state index contributed by atoms with van der Waals surface area (Å²) in [6, 6.07) is 5.73. The first kappa shape index (κ1) is 12.2. The normalized spacial score (nSPS) is 10.3. The Kier molecular flexibility index (Phi) is 3.32. The Labute approximate surface area is 105 Å². The van der Waals surface area contributed by atoms with E-state index >= 15 is 0 Å². The van der Waals surface area contributed by atoms with Gasteiger partial charge in [0.25, 0.3) is 0 Å². The number of benzene rings is 1. The molecule has 1 aromatic carbocycles. The number of anilines is 1. The molecule has 0 unspecified atom stereocenters. The lowest BCUT2D eigenvalue weighted by Gasteiger charge is -2.05. The molecule has 0 aliphatic rings. The van der Waals surface area contributed by atoms with Crippen molar-refractivity contribution in [3.05, 3.63) is 36.2 Å². The van der Waals surface area contributed by atoms with Gasteiger partial charge in [0, 0.05) is 17.4 Å². The molecular formula is C13H15N3O2. The summed E-state index contributed by atoms with van der Waals surface area (Å²) in [5.41, 5.74) is 9.57. The monoisotopic (exact) mass is 245 g/mol. The molecule has 0 aliphatic carbocycles. The standard InChI is InChI=1S/C13H15N3O2/c1-9-11(4-3-5-12(9)14)10-6-15-16(7-10)8-13(17)18-2/h3-7H,8,14H2,1-2H3. The van der Waals surface area contributed by atoms with Crippen LogP contribution in [0.1, 0.15) is 5.56 Å². The van der Waals surface area contributed by atoms with Crippen LogP contribution in [0.15, 0.2) is 30.6 Å². The largest absolute Gasteiger partial charge is 0.468 e. The predicted molar refractivity (Wildman–Crippen MR) is 68.8 cm³/mol. The lowest BCUT2D eigenvalue weighted by molar-refractivity contribution is -0.141. The number of hydrogen-bond acceptors (Lipinski definition) is 4. The number of hydrogen-bond donors (Lipinski definition) is 1. The molecule has 0 spiro atoms. The van der Waals surface area contributed by atoms with Crippen LogP contribution in [0.25, 0.3) is 11.1 Å². The Morgan fingerprint density at radius 1 is 1.50 bits per heavy atom. The Morgan fingerprint density at radius 3 is 3.00 bits per heavy atom. The van der Waals surface area contributed by atoms with E-state index in [4.69, 9.17) is 5.73 Å². The summed E-state index contributed by atoms with van der Waals surface area (Å²) >= 11 is 0. The number of aromatic nitrogens is 2. The summed E-state index contributed by atoms with van der Waals surface area (Å²) in [5, 5.41) is 4.13. The maximum Gasteiger partial charge on any atom is 0.327 e. The zero-order valence-corrected chi connectivity index (χ0v) is 10.4. The van der Waals surface area contributed by atoms with Gasteiger partial charge in [-0.3, -0.25) is 9.48 Å². The molecule has 0 fully saturated rings. The molecule has 5 nitrogen and oxygen atoms in total. The highest BCUT2D eigenvalue weighted by Crippen LogP contribution is 2.26. The summed E-state index contributed by atoms with van der Waals surface area (Å²) in [4.78, 5) is 11.1. The molecule has 0 bridgehead atoms. The summed E-state index contributed by atoms with van der Waals surface area (Å²) in [6.07, 6.45) is 3.52. The van der Waals surface area contributed by atoms with E-state index in [1.807, 2.05) is 25.1 Å². The predicted octanol–water partition coefficient (Wildman–Crippen LogP) is 1.61. The van der Waals surface area contributed by atoms with Gasteiger partial charge in [-0.15, -0.1) is 0 Å². The summed E-state index contributed by atoms with van der Waals surface area (Å²) < 4.78 is 6.14. The second-order valence-corrected chi connectivity index (χ2v) is 4.02. The lowest BCUT2D eigenvalue weighted by Crippen LogP contribution is -2.11. The highest BCUT2D eigenvalue weighted by Gasteiger charge is 2.08. The van der Waals surface area contributed by atoms with Crippen LogP contribution in [0.2, 0.25) is 0 Å². The van der Waals surface area contributed by atoms with E-state index in [0.29, 0.717) is 0 Å². The van der Waals surface area contributed by atoms with Crippen LogP contribution >= 0.6 is 0 Å². The minimum atomic E-state index is -0.325. The number of carbonyl (C=O) groups is 1.